The fraction of sp³-hybridized carbons (Fsp3) is 0.238. The first kappa shape index (κ1) is 18.0. The number of carbonyl (C=O) groups is 1. The Morgan fingerprint density at radius 2 is 2.20 bits per heavy atom. The molecule has 1 saturated carbocycles. The zero-order chi connectivity index (χ0) is 20.5. The lowest BCUT2D eigenvalue weighted by Gasteiger charge is -2.12. The Morgan fingerprint density at radius 1 is 1.30 bits per heavy atom. The summed E-state index contributed by atoms with van der Waals surface area (Å²) >= 11 is 0. The molecule has 9 nitrogen and oxygen atoms in total. The van der Waals surface area contributed by atoms with Gasteiger partial charge in [0.05, 0.1) is 30.3 Å². The van der Waals surface area contributed by atoms with Crippen molar-refractivity contribution in [3.8, 4) is 17.5 Å². The molecule has 0 aromatic carbocycles. The summed E-state index contributed by atoms with van der Waals surface area (Å²) in [5, 5.41) is 16.4. The molecule has 1 atom stereocenters. The molecule has 4 aromatic rings. The molecule has 1 fully saturated rings. The van der Waals surface area contributed by atoms with Crippen LogP contribution in [-0.4, -0.2) is 35.0 Å². The van der Waals surface area contributed by atoms with Crippen molar-refractivity contribution in [2.75, 3.05) is 5.32 Å². The Hall–Kier alpha value is -4.06. The van der Waals surface area contributed by atoms with Crippen LogP contribution in [0.5, 0.6) is 0 Å². The Labute approximate surface area is 172 Å². The van der Waals surface area contributed by atoms with Gasteiger partial charge in [-0.05, 0) is 30.9 Å². The number of nitriles is 1. The predicted molar refractivity (Wildman–Crippen MR) is 108 cm³/mol. The van der Waals surface area contributed by atoms with Crippen LogP contribution in [0.3, 0.4) is 0 Å². The molecule has 4 heterocycles. The number of carbonyl (C=O) groups excluding carboxylic acids is 1. The van der Waals surface area contributed by atoms with E-state index in [0.29, 0.717) is 29.6 Å². The first-order valence-corrected chi connectivity index (χ1v) is 9.71. The van der Waals surface area contributed by atoms with E-state index < -0.39 is 0 Å². The van der Waals surface area contributed by atoms with Crippen LogP contribution in [0.2, 0.25) is 0 Å². The van der Waals surface area contributed by atoms with Crippen LogP contribution in [0.1, 0.15) is 35.8 Å². The number of rotatable bonds is 6. The van der Waals surface area contributed by atoms with Crippen molar-refractivity contribution in [1.82, 2.24) is 29.1 Å². The molecule has 1 aliphatic carbocycles. The minimum absolute atomic E-state index is 0.0673. The second-order valence-electron chi connectivity index (χ2n) is 7.27. The molecule has 1 amide bonds. The van der Waals surface area contributed by atoms with Crippen LogP contribution in [0.4, 0.5) is 5.82 Å². The summed E-state index contributed by atoms with van der Waals surface area (Å²) < 4.78 is 3.66. The number of anilines is 1. The number of hydrogen-bond donors (Lipinski definition) is 1. The molecular formula is C21H18N8O. The number of aromatic nitrogens is 6. The SMILES string of the molecule is N#CCC(C1CC1)n1cc(-c2nc(C(=O)Nc3ccccn3)cc3nccn23)cn1. The average molecular weight is 398 g/mol. The molecule has 4 aromatic heterocycles. The summed E-state index contributed by atoms with van der Waals surface area (Å²) in [6.45, 7) is 0. The van der Waals surface area contributed by atoms with Gasteiger partial charge in [0.2, 0.25) is 0 Å². The maximum atomic E-state index is 12.8. The molecule has 9 heteroatoms. The summed E-state index contributed by atoms with van der Waals surface area (Å²) in [5.41, 5.74) is 1.60. The molecule has 0 bridgehead atoms. The average Bonchev–Trinajstić information content (AvgIpc) is 3.29. The lowest BCUT2D eigenvalue weighted by molar-refractivity contribution is 0.102. The Bertz CT molecular complexity index is 1250. The number of hydrogen-bond acceptors (Lipinski definition) is 6. The fourth-order valence-corrected chi connectivity index (χ4v) is 3.55. The van der Waals surface area contributed by atoms with Gasteiger partial charge in [0.25, 0.3) is 5.91 Å². The summed E-state index contributed by atoms with van der Waals surface area (Å²) in [7, 11) is 0. The minimum Gasteiger partial charge on any atom is -0.305 e. The quantitative estimate of drug-likeness (QED) is 0.534. The Morgan fingerprint density at radius 3 is 2.97 bits per heavy atom. The van der Waals surface area contributed by atoms with Crippen LogP contribution >= 0.6 is 0 Å². The molecule has 5 rings (SSSR count). The van der Waals surface area contributed by atoms with E-state index >= 15 is 0 Å². The van der Waals surface area contributed by atoms with E-state index in [2.05, 4.69) is 31.4 Å². The number of nitrogens with zero attached hydrogens (tertiary/aromatic N) is 7. The largest absolute Gasteiger partial charge is 0.305 e. The summed E-state index contributed by atoms with van der Waals surface area (Å²) in [4.78, 5) is 25.8. The number of fused-ring (bicyclic) bond motifs is 1. The highest BCUT2D eigenvalue weighted by molar-refractivity contribution is 6.03. The molecule has 148 valence electrons. The maximum Gasteiger partial charge on any atom is 0.275 e. The van der Waals surface area contributed by atoms with E-state index in [4.69, 9.17) is 5.26 Å². The van der Waals surface area contributed by atoms with Crippen molar-refractivity contribution in [1.29, 1.82) is 5.26 Å². The Balaban J connectivity index is 1.51. The van der Waals surface area contributed by atoms with Gasteiger partial charge in [-0.3, -0.25) is 13.9 Å². The van der Waals surface area contributed by atoms with Crippen LogP contribution in [0, 0.1) is 17.2 Å². The highest BCUT2D eigenvalue weighted by Gasteiger charge is 2.33. The van der Waals surface area contributed by atoms with Crippen molar-refractivity contribution >= 4 is 17.4 Å². The molecule has 0 aliphatic heterocycles. The number of nitrogens with one attached hydrogen (secondary N) is 1. The van der Waals surface area contributed by atoms with Gasteiger partial charge >= 0.3 is 0 Å². The summed E-state index contributed by atoms with van der Waals surface area (Å²) in [6, 6.07) is 9.25. The number of pyridine rings is 1. The third-order valence-corrected chi connectivity index (χ3v) is 5.19. The van der Waals surface area contributed by atoms with Crippen LogP contribution in [0.25, 0.3) is 17.0 Å². The molecule has 30 heavy (non-hydrogen) atoms. The van der Waals surface area contributed by atoms with Crippen molar-refractivity contribution in [3.05, 3.63) is 60.9 Å². The third-order valence-electron chi connectivity index (χ3n) is 5.19. The van der Waals surface area contributed by atoms with Crippen molar-refractivity contribution in [2.24, 2.45) is 5.92 Å². The summed E-state index contributed by atoms with van der Waals surface area (Å²) in [5.74, 6) is 1.14. The lowest BCUT2D eigenvalue weighted by atomic mass is 10.1. The molecule has 1 N–H and O–H groups in total. The molecule has 0 radical (unpaired) electrons. The zero-order valence-electron chi connectivity index (χ0n) is 16.0. The van der Waals surface area contributed by atoms with Crippen molar-refractivity contribution in [2.45, 2.75) is 25.3 Å². The lowest BCUT2D eigenvalue weighted by Crippen LogP contribution is -2.16. The first-order chi connectivity index (χ1) is 14.7. The van der Waals surface area contributed by atoms with Gasteiger partial charge in [-0.15, -0.1) is 0 Å². The molecule has 1 aliphatic rings. The van der Waals surface area contributed by atoms with E-state index in [0.717, 1.165) is 18.4 Å². The van der Waals surface area contributed by atoms with Gasteiger partial charge in [0, 0.05) is 30.9 Å². The van der Waals surface area contributed by atoms with Crippen LogP contribution in [-0.2, 0) is 0 Å². The van der Waals surface area contributed by atoms with E-state index in [1.165, 1.54) is 0 Å². The van der Waals surface area contributed by atoms with E-state index in [9.17, 15) is 4.79 Å². The predicted octanol–water partition coefficient (Wildman–Crippen LogP) is 3.10. The molecular weight excluding hydrogens is 380 g/mol. The van der Waals surface area contributed by atoms with Gasteiger partial charge in [0.15, 0.2) is 0 Å². The van der Waals surface area contributed by atoms with Crippen LogP contribution < -0.4 is 5.32 Å². The molecule has 1 unspecified atom stereocenters. The van der Waals surface area contributed by atoms with Gasteiger partial charge < -0.3 is 5.32 Å². The fourth-order valence-electron chi connectivity index (χ4n) is 3.55. The second kappa shape index (κ2) is 7.40. The zero-order valence-corrected chi connectivity index (χ0v) is 16.0. The van der Waals surface area contributed by atoms with E-state index in [1.54, 1.807) is 49.1 Å². The van der Waals surface area contributed by atoms with Crippen molar-refractivity contribution in [3.63, 3.8) is 0 Å². The number of imidazole rings is 1. The van der Waals surface area contributed by atoms with E-state index in [1.807, 2.05) is 15.3 Å². The van der Waals surface area contributed by atoms with E-state index in [-0.39, 0.29) is 17.6 Å². The Kier molecular flexibility index (Phi) is 4.44. The third kappa shape index (κ3) is 3.39. The molecule has 0 saturated heterocycles. The second-order valence-corrected chi connectivity index (χ2v) is 7.27. The maximum absolute atomic E-state index is 12.8. The summed E-state index contributed by atoms with van der Waals surface area (Å²) in [6.07, 6.45) is 11.3. The van der Waals surface area contributed by atoms with Gasteiger partial charge in [-0.1, -0.05) is 6.07 Å². The van der Waals surface area contributed by atoms with Crippen molar-refractivity contribution < 1.29 is 4.79 Å². The standard InChI is InChI=1S/C21H18N8O/c22-7-6-17(14-4-5-14)29-13-15(12-25-29)20-26-16(11-19-24-9-10-28(19)20)21(30)27-18-3-1-2-8-23-18/h1-3,8-14,17H,4-6H2,(H,23,27,30). The smallest absolute Gasteiger partial charge is 0.275 e. The first-order valence-electron chi connectivity index (χ1n) is 9.71. The normalized spacial score (nSPS) is 14.4. The van der Waals surface area contributed by atoms with Crippen LogP contribution in [0.15, 0.2) is 55.2 Å². The molecule has 0 spiro atoms. The van der Waals surface area contributed by atoms with Gasteiger partial charge in [-0.25, -0.2) is 15.0 Å². The highest BCUT2D eigenvalue weighted by atomic mass is 16.1. The monoisotopic (exact) mass is 398 g/mol. The minimum atomic E-state index is -0.367. The highest BCUT2D eigenvalue weighted by Crippen LogP contribution is 2.41. The van der Waals surface area contributed by atoms with Gasteiger partial charge in [0.1, 0.15) is 23.0 Å². The van der Waals surface area contributed by atoms with Gasteiger partial charge in [-0.2, -0.15) is 10.4 Å². The number of amides is 1. The topological polar surface area (TPSA) is 114 Å².